The number of pyridine rings is 1. The molecule has 0 radical (unpaired) electrons. The lowest BCUT2D eigenvalue weighted by atomic mass is 10.2. The summed E-state index contributed by atoms with van der Waals surface area (Å²) in [6.45, 7) is 0. The molecule has 1 N–H and O–H groups in total. The zero-order valence-corrected chi connectivity index (χ0v) is 9.65. The fourth-order valence-corrected chi connectivity index (χ4v) is 1.58. The van der Waals surface area contributed by atoms with Crippen LogP contribution >= 0.6 is 15.9 Å². The van der Waals surface area contributed by atoms with E-state index >= 15 is 0 Å². The molecule has 1 heterocycles. The molecule has 0 fully saturated rings. The predicted molar refractivity (Wildman–Crippen MR) is 54.9 cm³/mol. The van der Waals surface area contributed by atoms with Gasteiger partial charge in [-0.25, -0.2) is 13.8 Å². The zero-order chi connectivity index (χ0) is 13.2. The van der Waals surface area contributed by atoms with Gasteiger partial charge in [0.1, 0.15) is 10.2 Å². The molecule has 0 aliphatic carbocycles. The van der Waals surface area contributed by atoms with Crippen molar-refractivity contribution in [2.45, 2.75) is 12.8 Å². The van der Waals surface area contributed by atoms with Gasteiger partial charge in [0.2, 0.25) is 0 Å². The van der Waals surface area contributed by atoms with Gasteiger partial charge in [-0.05, 0) is 15.9 Å². The number of carbonyl (C=O) groups is 1. The van der Waals surface area contributed by atoms with Gasteiger partial charge in [-0.2, -0.15) is 0 Å². The van der Waals surface area contributed by atoms with Crippen LogP contribution in [0.4, 0.5) is 14.5 Å². The molecule has 0 saturated heterocycles. The Balaban J connectivity index is 3.37. The number of carboxylic acid groups (broad SMARTS) is 1. The Labute approximate surface area is 102 Å². The van der Waals surface area contributed by atoms with Crippen LogP contribution in [-0.4, -0.2) is 21.0 Å². The number of nitrogens with zero attached hydrogens (tertiary/aromatic N) is 2. The van der Waals surface area contributed by atoms with Crippen LogP contribution in [0.3, 0.4) is 0 Å². The quantitative estimate of drug-likeness (QED) is 0.680. The van der Waals surface area contributed by atoms with Crippen molar-refractivity contribution in [3.8, 4) is 0 Å². The summed E-state index contributed by atoms with van der Waals surface area (Å²) in [7, 11) is 0. The van der Waals surface area contributed by atoms with Gasteiger partial charge in [0.05, 0.1) is 17.0 Å². The Morgan fingerprint density at radius 2 is 2.24 bits per heavy atom. The van der Waals surface area contributed by atoms with Crippen LogP contribution in [-0.2, 0) is 11.2 Å². The van der Waals surface area contributed by atoms with Crippen molar-refractivity contribution in [3.05, 3.63) is 32.0 Å². The lowest BCUT2D eigenvalue weighted by Gasteiger charge is -2.05. The normalized spacial score (nSPS) is 10.6. The highest BCUT2D eigenvalue weighted by atomic mass is 79.9. The van der Waals surface area contributed by atoms with E-state index in [1.165, 1.54) is 0 Å². The molecule has 0 atom stereocenters. The van der Waals surface area contributed by atoms with Gasteiger partial charge in [-0.15, -0.1) is 0 Å². The van der Waals surface area contributed by atoms with Crippen LogP contribution in [0.15, 0.2) is 10.5 Å². The van der Waals surface area contributed by atoms with Gasteiger partial charge >= 0.3 is 5.97 Å². The number of hydrogen-bond donors (Lipinski definition) is 1. The summed E-state index contributed by atoms with van der Waals surface area (Å²) < 4.78 is 24.6. The third-order valence-corrected chi connectivity index (χ3v) is 2.63. The maximum absolute atomic E-state index is 12.4. The summed E-state index contributed by atoms with van der Waals surface area (Å²) in [5.41, 5.74) is -1.76. The summed E-state index contributed by atoms with van der Waals surface area (Å²) in [4.78, 5) is 23.5. The molecule has 1 aromatic heterocycles. The van der Waals surface area contributed by atoms with Gasteiger partial charge < -0.3 is 5.11 Å². The number of hydrogen-bond acceptors (Lipinski definition) is 4. The topological polar surface area (TPSA) is 93.3 Å². The molecule has 0 aliphatic heterocycles. The second kappa shape index (κ2) is 5.13. The smallest absolute Gasteiger partial charge is 0.309 e. The molecule has 0 spiro atoms. The maximum Gasteiger partial charge on any atom is 0.309 e. The molecule has 17 heavy (non-hydrogen) atoms. The molecule has 0 unspecified atom stereocenters. The van der Waals surface area contributed by atoms with Crippen molar-refractivity contribution in [2.75, 3.05) is 0 Å². The zero-order valence-electron chi connectivity index (χ0n) is 8.06. The monoisotopic (exact) mass is 310 g/mol. The van der Waals surface area contributed by atoms with Crippen molar-refractivity contribution in [1.29, 1.82) is 0 Å². The van der Waals surface area contributed by atoms with Gasteiger partial charge in [0.15, 0.2) is 0 Å². The van der Waals surface area contributed by atoms with E-state index in [0.29, 0.717) is 6.07 Å². The standard InChI is InChI=1S/C8H5BrF2N2O4/c9-7-3(2-6(14)15)12-4(8(10)11)1-5(7)13(16)17/h1,8H,2H2,(H,14,15). The highest BCUT2D eigenvalue weighted by Crippen LogP contribution is 2.31. The molecule has 0 amide bonds. The third kappa shape index (κ3) is 3.16. The van der Waals surface area contributed by atoms with Crippen molar-refractivity contribution >= 4 is 27.6 Å². The Kier molecular flexibility index (Phi) is 4.05. The highest BCUT2D eigenvalue weighted by Gasteiger charge is 2.23. The minimum atomic E-state index is -3.01. The Bertz CT molecular complexity index is 481. The number of rotatable bonds is 4. The number of nitro groups is 1. The molecule has 0 aromatic carbocycles. The average molecular weight is 311 g/mol. The summed E-state index contributed by atoms with van der Waals surface area (Å²) in [6.07, 6.45) is -3.68. The molecular weight excluding hydrogens is 306 g/mol. The fourth-order valence-electron chi connectivity index (χ4n) is 1.09. The molecule has 1 rings (SSSR count). The van der Waals surface area contributed by atoms with E-state index in [1.807, 2.05) is 0 Å². The van der Waals surface area contributed by atoms with Crippen LogP contribution in [0.2, 0.25) is 0 Å². The largest absolute Gasteiger partial charge is 0.481 e. The van der Waals surface area contributed by atoms with E-state index in [4.69, 9.17) is 5.11 Å². The van der Waals surface area contributed by atoms with Gasteiger partial charge in [0, 0.05) is 6.07 Å². The number of alkyl halides is 2. The van der Waals surface area contributed by atoms with Crippen molar-refractivity contribution in [3.63, 3.8) is 0 Å². The Hall–Kier alpha value is -1.64. The Morgan fingerprint density at radius 1 is 1.65 bits per heavy atom. The summed E-state index contributed by atoms with van der Waals surface area (Å²) in [5.74, 6) is -1.32. The van der Waals surface area contributed by atoms with E-state index in [2.05, 4.69) is 20.9 Å². The van der Waals surface area contributed by atoms with E-state index in [1.54, 1.807) is 0 Å². The van der Waals surface area contributed by atoms with E-state index < -0.39 is 35.1 Å². The molecule has 92 valence electrons. The summed E-state index contributed by atoms with van der Waals surface area (Å²) in [6, 6.07) is 0.611. The lowest BCUT2D eigenvalue weighted by molar-refractivity contribution is -0.385. The molecule has 1 aromatic rings. The van der Waals surface area contributed by atoms with Crippen molar-refractivity contribution < 1.29 is 23.6 Å². The first-order chi connectivity index (χ1) is 7.82. The number of halogens is 3. The van der Waals surface area contributed by atoms with Crippen LogP contribution in [0, 0.1) is 10.1 Å². The SMILES string of the molecule is O=C(O)Cc1nc(C(F)F)cc([N+](=O)[O-])c1Br. The highest BCUT2D eigenvalue weighted by molar-refractivity contribution is 9.10. The number of carboxylic acids is 1. The lowest BCUT2D eigenvalue weighted by Crippen LogP contribution is -2.07. The van der Waals surface area contributed by atoms with Gasteiger partial charge in [-0.3, -0.25) is 14.9 Å². The van der Waals surface area contributed by atoms with Gasteiger partial charge in [0.25, 0.3) is 12.1 Å². The van der Waals surface area contributed by atoms with E-state index in [9.17, 15) is 23.7 Å². The first-order valence-electron chi connectivity index (χ1n) is 4.16. The number of aromatic nitrogens is 1. The fraction of sp³-hybridized carbons (Fsp3) is 0.250. The minimum absolute atomic E-state index is 0.200. The predicted octanol–water partition coefficient (Wildman–Crippen LogP) is 2.32. The molecule has 0 saturated carbocycles. The average Bonchev–Trinajstić information content (AvgIpc) is 2.19. The summed E-state index contributed by atoms with van der Waals surface area (Å²) in [5, 5.41) is 19.1. The molecule has 0 bridgehead atoms. The van der Waals surface area contributed by atoms with Crippen LogP contribution < -0.4 is 0 Å². The first-order valence-corrected chi connectivity index (χ1v) is 4.96. The second-order valence-corrected chi connectivity index (χ2v) is 3.75. The van der Waals surface area contributed by atoms with E-state index in [0.717, 1.165) is 0 Å². The van der Waals surface area contributed by atoms with Crippen molar-refractivity contribution in [1.82, 2.24) is 4.98 Å². The molecule has 9 heteroatoms. The molecule has 6 nitrogen and oxygen atoms in total. The van der Waals surface area contributed by atoms with Gasteiger partial charge in [-0.1, -0.05) is 0 Å². The summed E-state index contributed by atoms with van der Waals surface area (Å²) >= 11 is 2.78. The van der Waals surface area contributed by atoms with Crippen LogP contribution in [0.25, 0.3) is 0 Å². The van der Waals surface area contributed by atoms with E-state index in [-0.39, 0.29) is 10.2 Å². The molecular formula is C8H5BrF2N2O4. The number of aliphatic carboxylic acids is 1. The van der Waals surface area contributed by atoms with Crippen molar-refractivity contribution in [2.24, 2.45) is 0 Å². The minimum Gasteiger partial charge on any atom is -0.481 e. The maximum atomic E-state index is 12.4. The van der Waals surface area contributed by atoms with Crippen LogP contribution in [0.5, 0.6) is 0 Å². The Morgan fingerprint density at radius 3 is 2.65 bits per heavy atom. The third-order valence-electron chi connectivity index (χ3n) is 1.77. The van der Waals surface area contributed by atoms with Crippen LogP contribution in [0.1, 0.15) is 17.8 Å². The first kappa shape index (κ1) is 13.4. The molecule has 0 aliphatic rings. The second-order valence-electron chi connectivity index (χ2n) is 2.96.